The third-order valence-corrected chi connectivity index (χ3v) is 6.49. The Balaban J connectivity index is 1.37. The van der Waals surface area contributed by atoms with Crippen molar-refractivity contribution in [3.05, 3.63) is 102 Å². The van der Waals surface area contributed by atoms with Crippen molar-refractivity contribution in [1.29, 1.82) is 0 Å². The first-order chi connectivity index (χ1) is 16.7. The fourth-order valence-electron chi connectivity index (χ4n) is 4.90. The summed E-state index contributed by atoms with van der Waals surface area (Å²) in [6, 6.07) is 25.2. The molecule has 0 bridgehead atoms. The highest BCUT2D eigenvalue weighted by atomic mass is 16.5. The summed E-state index contributed by atoms with van der Waals surface area (Å²) in [6.45, 7) is 7.36. The van der Waals surface area contributed by atoms with Gasteiger partial charge in [0.15, 0.2) is 11.4 Å². The summed E-state index contributed by atoms with van der Waals surface area (Å²) < 4.78 is 7.59. The van der Waals surface area contributed by atoms with Crippen molar-refractivity contribution in [2.75, 3.05) is 32.8 Å². The number of hydrogen-bond donors (Lipinski definition) is 0. The lowest BCUT2D eigenvalue weighted by Crippen LogP contribution is -2.50. The van der Waals surface area contributed by atoms with Crippen LogP contribution in [0.5, 0.6) is 5.75 Å². The first kappa shape index (κ1) is 22.2. The molecule has 4 aromatic rings. The van der Waals surface area contributed by atoms with Gasteiger partial charge in [-0.25, -0.2) is 4.98 Å². The quantitative estimate of drug-likeness (QED) is 0.428. The SMILES string of the molecule is CCOc1cccn2c(C(=O)N3CCN(C(c4ccccc4)c4ccccc4)CC3)c(C)nc12. The predicted octanol–water partition coefficient (Wildman–Crippen LogP) is 4.59. The largest absolute Gasteiger partial charge is 0.490 e. The summed E-state index contributed by atoms with van der Waals surface area (Å²) in [5.74, 6) is 0.722. The van der Waals surface area contributed by atoms with Crippen LogP contribution in [0.1, 0.15) is 40.3 Å². The number of amides is 1. The van der Waals surface area contributed by atoms with Crippen molar-refractivity contribution in [3.63, 3.8) is 0 Å². The summed E-state index contributed by atoms with van der Waals surface area (Å²) in [7, 11) is 0. The maximum absolute atomic E-state index is 13.6. The Morgan fingerprint density at radius 3 is 2.12 bits per heavy atom. The van der Waals surface area contributed by atoms with Crippen LogP contribution in [0.15, 0.2) is 79.0 Å². The molecule has 174 valence electrons. The Morgan fingerprint density at radius 1 is 0.912 bits per heavy atom. The van der Waals surface area contributed by atoms with Gasteiger partial charge in [-0.2, -0.15) is 0 Å². The van der Waals surface area contributed by atoms with E-state index in [1.54, 1.807) is 0 Å². The minimum absolute atomic E-state index is 0.0225. The van der Waals surface area contributed by atoms with E-state index in [9.17, 15) is 4.79 Å². The number of hydrogen-bond acceptors (Lipinski definition) is 4. The molecule has 1 fully saturated rings. The standard InChI is InChI=1S/C28H30N4O2/c1-3-34-24-15-10-16-32-25(21(2)29-27(24)32)28(33)31-19-17-30(18-20-31)26(22-11-6-4-7-12-22)23-13-8-5-9-14-23/h4-16,26H,3,17-20H2,1-2H3. The fourth-order valence-corrected chi connectivity index (χ4v) is 4.90. The van der Waals surface area contributed by atoms with Crippen LogP contribution < -0.4 is 4.74 Å². The van der Waals surface area contributed by atoms with Gasteiger partial charge in [0.25, 0.3) is 5.91 Å². The van der Waals surface area contributed by atoms with Gasteiger partial charge in [0, 0.05) is 32.4 Å². The number of carbonyl (C=O) groups is 1. The van der Waals surface area contributed by atoms with Crippen LogP contribution in [0.25, 0.3) is 5.65 Å². The van der Waals surface area contributed by atoms with Crippen LogP contribution >= 0.6 is 0 Å². The summed E-state index contributed by atoms with van der Waals surface area (Å²) in [5, 5.41) is 0. The number of imidazole rings is 1. The normalized spacial score (nSPS) is 14.6. The highest BCUT2D eigenvalue weighted by Gasteiger charge is 2.30. The van der Waals surface area contributed by atoms with Crippen LogP contribution in [-0.4, -0.2) is 57.9 Å². The summed E-state index contributed by atoms with van der Waals surface area (Å²) in [5.41, 5.74) is 4.58. The second kappa shape index (κ2) is 9.69. The van der Waals surface area contributed by atoms with Crippen molar-refractivity contribution in [3.8, 4) is 5.75 Å². The highest BCUT2D eigenvalue weighted by molar-refractivity contribution is 5.95. The molecule has 6 nitrogen and oxygen atoms in total. The number of aromatic nitrogens is 2. The summed E-state index contributed by atoms with van der Waals surface area (Å²) >= 11 is 0. The van der Waals surface area contributed by atoms with Crippen molar-refractivity contribution in [2.24, 2.45) is 0 Å². The molecular formula is C28H30N4O2. The van der Waals surface area contributed by atoms with Crippen LogP contribution in [0, 0.1) is 6.92 Å². The lowest BCUT2D eigenvalue weighted by atomic mass is 9.96. The molecule has 3 heterocycles. The number of piperazine rings is 1. The van der Waals surface area contributed by atoms with E-state index in [1.807, 2.05) is 41.5 Å². The van der Waals surface area contributed by atoms with Crippen molar-refractivity contribution in [2.45, 2.75) is 19.9 Å². The summed E-state index contributed by atoms with van der Waals surface area (Å²) in [4.78, 5) is 22.7. The number of pyridine rings is 1. The predicted molar refractivity (Wildman–Crippen MR) is 133 cm³/mol. The van der Waals surface area contributed by atoms with Crippen LogP contribution in [0.4, 0.5) is 0 Å². The molecule has 0 saturated carbocycles. The van der Waals surface area contributed by atoms with E-state index >= 15 is 0 Å². The molecule has 6 heteroatoms. The molecule has 1 aliphatic heterocycles. The molecule has 34 heavy (non-hydrogen) atoms. The number of benzene rings is 2. The topological polar surface area (TPSA) is 50.1 Å². The fraction of sp³-hybridized carbons (Fsp3) is 0.286. The number of fused-ring (bicyclic) bond motifs is 1. The number of carbonyl (C=O) groups excluding carboxylic acids is 1. The molecule has 5 rings (SSSR count). The molecule has 2 aromatic carbocycles. The molecule has 1 amide bonds. The third-order valence-electron chi connectivity index (χ3n) is 6.49. The van der Waals surface area contributed by atoms with E-state index < -0.39 is 0 Å². The van der Waals surface area contributed by atoms with Gasteiger partial charge < -0.3 is 9.64 Å². The Hall–Kier alpha value is -3.64. The van der Waals surface area contributed by atoms with Gasteiger partial charge in [-0.3, -0.25) is 14.1 Å². The lowest BCUT2D eigenvalue weighted by molar-refractivity contribution is 0.0590. The van der Waals surface area contributed by atoms with E-state index in [1.165, 1.54) is 11.1 Å². The molecular weight excluding hydrogens is 424 g/mol. The Labute approximate surface area is 200 Å². The molecule has 0 unspecified atom stereocenters. The van der Waals surface area contributed by atoms with Crippen LogP contribution in [0.3, 0.4) is 0 Å². The second-order valence-electron chi connectivity index (χ2n) is 8.60. The Bertz CT molecular complexity index is 1220. The van der Waals surface area contributed by atoms with Gasteiger partial charge in [-0.05, 0) is 37.1 Å². The number of rotatable bonds is 6. The zero-order valence-electron chi connectivity index (χ0n) is 19.7. The maximum Gasteiger partial charge on any atom is 0.272 e. The van der Waals surface area contributed by atoms with Gasteiger partial charge in [0.1, 0.15) is 5.69 Å². The Morgan fingerprint density at radius 2 is 1.53 bits per heavy atom. The lowest BCUT2D eigenvalue weighted by Gasteiger charge is -2.39. The Kier molecular flexibility index (Phi) is 6.32. The molecule has 0 N–H and O–H groups in total. The van der Waals surface area contributed by atoms with Crippen LogP contribution in [-0.2, 0) is 0 Å². The average Bonchev–Trinajstić information content (AvgIpc) is 3.22. The number of nitrogens with zero attached hydrogens (tertiary/aromatic N) is 4. The van der Waals surface area contributed by atoms with E-state index in [0.29, 0.717) is 36.8 Å². The molecule has 1 saturated heterocycles. The zero-order chi connectivity index (χ0) is 23.5. The van der Waals surface area contributed by atoms with Gasteiger partial charge in [0.2, 0.25) is 0 Å². The first-order valence-electron chi connectivity index (χ1n) is 11.9. The molecule has 0 aliphatic carbocycles. The molecule has 0 radical (unpaired) electrons. The van der Waals surface area contributed by atoms with E-state index in [0.717, 1.165) is 18.8 Å². The van der Waals surface area contributed by atoms with Crippen molar-refractivity contribution >= 4 is 11.6 Å². The zero-order valence-corrected chi connectivity index (χ0v) is 19.7. The number of aryl methyl sites for hydroxylation is 1. The van der Waals surface area contributed by atoms with E-state index in [4.69, 9.17) is 4.74 Å². The molecule has 2 aromatic heterocycles. The minimum Gasteiger partial charge on any atom is -0.490 e. The van der Waals surface area contributed by atoms with E-state index in [-0.39, 0.29) is 11.9 Å². The van der Waals surface area contributed by atoms with E-state index in [2.05, 4.69) is 70.5 Å². The maximum atomic E-state index is 13.6. The van der Waals surface area contributed by atoms with Gasteiger partial charge >= 0.3 is 0 Å². The molecule has 1 aliphatic rings. The molecule has 0 atom stereocenters. The monoisotopic (exact) mass is 454 g/mol. The number of ether oxygens (including phenoxy) is 1. The molecule has 0 spiro atoms. The van der Waals surface area contributed by atoms with Gasteiger partial charge in [-0.15, -0.1) is 0 Å². The van der Waals surface area contributed by atoms with Crippen molar-refractivity contribution < 1.29 is 9.53 Å². The third kappa shape index (κ3) is 4.17. The minimum atomic E-state index is 0.0225. The smallest absolute Gasteiger partial charge is 0.272 e. The second-order valence-corrected chi connectivity index (χ2v) is 8.60. The van der Waals surface area contributed by atoms with Gasteiger partial charge in [0.05, 0.1) is 18.3 Å². The summed E-state index contributed by atoms with van der Waals surface area (Å²) in [6.07, 6.45) is 1.89. The first-order valence-corrected chi connectivity index (χ1v) is 11.9. The van der Waals surface area contributed by atoms with Crippen molar-refractivity contribution in [1.82, 2.24) is 19.2 Å². The highest BCUT2D eigenvalue weighted by Crippen LogP contribution is 2.30. The average molecular weight is 455 g/mol. The van der Waals surface area contributed by atoms with Crippen LogP contribution in [0.2, 0.25) is 0 Å². The van der Waals surface area contributed by atoms with Gasteiger partial charge in [-0.1, -0.05) is 60.7 Å².